The Morgan fingerprint density at radius 2 is 2.29 bits per heavy atom. The van der Waals surface area contributed by atoms with Crippen molar-refractivity contribution in [1.82, 2.24) is 9.78 Å². The van der Waals surface area contributed by atoms with E-state index in [1.807, 2.05) is 6.92 Å². The van der Waals surface area contributed by atoms with E-state index in [1.54, 1.807) is 11.7 Å². The van der Waals surface area contributed by atoms with Crippen molar-refractivity contribution in [2.45, 2.75) is 39.2 Å². The van der Waals surface area contributed by atoms with E-state index < -0.39 is 0 Å². The van der Waals surface area contributed by atoms with E-state index in [4.69, 9.17) is 0 Å². The SMILES string of the molecule is CCCc1nn(C)c(NC2CC2C)c1[N+](=O)[O-]. The molecule has 17 heavy (non-hydrogen) atoms. The lowest BCUT2D eigenvalue weighted by Crippen LogP contribution is -2.09. The van der Waals surface area contributed by atoms with Crippen LogP contribution in [0, 0.1) is 16.0 Å². The molecule has 1 aliphatic carbocycles. The van der Waals surface area contributed by atoms with E-state index in [-0.39, 0.29) is 10.6 Å². The summed E-state index contributed by atoms with van der Waals surface area (Å²) in [5, 5.41) is 18.6. The van der Waals surface area contributed by atoms with Gasteiger partial charge in [0, 0.05) is 13.1 Å². The standard InChI is InChI=1S/C11H18N4O2/c1-4-5-8-10(15(16)17)11(14(3)13-8)12-9-6-7(9)2/h7,9,12H,4-6H2,1-3H3. The monoisotopic (exact) mass is 238 g/mol. The third-order valence-electron chi connectivity index (χ3n) is 3.19. The smallest absolute Gasteiger partial charge is 0.333 e. The normalized spacial score (nSPS) is 22.5. The van der Waals surface area contributed by atoms with Crippen LogP contribution in [0.25, 0.3) is 0 Å². The van der Waals surface area contributed by atoms with Gasteiger partial charge in [-0.1, -0.05) is 20.3 Å². The summed E-state index contributed by atoms with van der Waals surface area (Å²) in [6.45, 7) is 4.13. The van der Waals surface area contributed by atoms with Crippen LogP contribution < -0.4 is 5.32 Å². The molecular weight excluding hydrogens is 220 g/mol. The number of rotatable bonds is 5. The molecule has 0 saturated heterocycles. The number of nitro groups is 1. The summed E-state index contributed by atoms with van der Waals surface area (Å²) < 4.78 is 1.59. The molecule has 1 fully saturated rings. The number of hydrogen-bond acceptors (Lipinski definition) is 4. The van der Waals surface area contributed by atoms with Crippen molar-refractivity contribution in [2.24, 2.45) is 13.0 Å². The molecule has 1 N–H and O–H groups in total. The van der Waals surface area contributed by atoms with Gasteiger partial charge in [-0.05, 0) is 18.8 Å². The van der Waals surface area contributed by atoms with E-state index in [0.29, 0.717) is 29.9 Å². The van der Waals surface area contributed by atoms with Gasteiger partial charge in [0.15, 0.2) is 0 Å². The quantitative estimate of drug-likeness (QED) is 0.629. The highest BCUT2D eigenvalue weighted by atomic mass is 16.6. The predicted octanol–water partition coefficient (Wildman–Crippen LogP) is 2.10. The Balaban J connectivity index is 2.31. The molecule has 2 rings (SSSR count). The maximum absolute atomic E-state index is 11.1. The predicted molar refractivity (Wildman–Crippen MR) is 65.0 cm³/mol. The Hall–Kier alpha value is -1.59. The Morgan fingerprint density at radius 1 is 1.65 bits per heavy atom. The van der Waals surface area contributed by atoms with E-state index in [1.165, 1.54) is 0 Å². The van der Waals surface area contributed by atoms with Gasteiger partial charge in [-0.2, -0.15) is 5.10 Å². The first-order valence-corrected chi connectivity index (χ1v) is 6.01. The lowest BCUT2D eigenvalue weighted by molar-refractivity contribution is -0.384. The highest BCUT2D eigenvalue weighted by Gasteiger charge is 2.36. The minimum Gasteiger partial charge on any atom is -0.362 e. The lowest BCUT2D eigenvalue weighted by Gasteiger charge is -2.04. The first-order valence-electron chi connectivity index (χ1n) is 6.01. The molecule has 94 valence electrons. The number of nitrogens with zero attached hydrogens (tertiary/aromatic N) is 3. The fraction of sp³-hybridized carbons (Fsp3) is 0.727. The summed E-state index contributed by atoms with van der Waals surface area (Å²) in [7, 11) is 1.75. The van der Waals surface area contributed by atoms with Gasteiger partial charge < -0.3 is 5.32 Å². The number of nitrogens with one attached hydrogen (secondary N) is 1. The second kappa shape index (κ2) is 4.35. The summed E-state index contributed by atoms with van der Waals surface area (Å²) in [6, 6.07) is 0.360. The van der Waals surface area contributed by atoms with Crippen LogP contribution in [-0.2, 0) is 13.5 Å². The van der Waals surface area contributed by atoms with E-state index in [9.17, 15) is 10.1 Å². The Bertz CT molecular complexity index is 441. The molecule has 0 bridgehead atoms. The Kier molecular flexibility index (Phi) is 3.04. The maximum Gasteiger partial charge on any atom is 0.333 e. The first-order chi connectivity index (χ1) is 8.04. The van der Waals surface area contributed by atoms with Crippen LogP contribution in [0.4, 0.5) is 11.5 Å². The molecule has 2 atom stereocenters. The fourth-order valence-electron chi connectivity index (χ4n) is 2.03. The van der Waals surface area contributed by atoms with Gasteiger partial charge in [0.2, 0.25) is 5.82 Å². The number of aryl methyl sites for hydroxylation is 2. The molecule has 1 saturated carbocycles. The zero-order valence-corrected chi connectivity index (χ0v) is 10.4. The highest BCUT2D eigenvalue weighted by Crippen LogP contribution is 2.37. The summed E-state index contributed by atoms with van der Waals surface area (Å²) >= 11 is 0. The van der Waals surface area contributed by atoms with Crippen LogP contribution in [0.2, 0.25) is 0 Å². The van der Waals surface area contributed by atoms with Crippen LogP contribution in [0.15, 0.2) is 0 Å². The molecule has 1 aromatic rings. The maximum atomic E-state index is 11.1. The van der Waals surface area contributed by atoms with Gasteiger partial charge in [-0.25, -0.2) is 4.68 Å². The summed E-state index contributed by atoms with van der Waals surface area (Å²) in [5.41, 5.74) is 0.726. The molecular formula is C11H18N4O2. The minimum absolute atomic E-state index is 0.147. The van der Waals surface area contributed by atoms with Crippen LogP contribution >= 0.6 is 0 Å². The highest BCUT2D eigenvalue weighted by molar-refractivity contribution is 5.61. The summed E-state index contributed by atoms with van der Waals surface area (Å²) in [5.74, 6) is 1.15. The van der Waals surface area contributed by atoms with Gasteiger partial charge in [0.1, 0.15) is 5.69 Å². The van der Waals surface area contributed by atoms with Gasteiger partial charge in [-0.15, -0.1) is 0 Å². The first kappa shape index (κ1) is 11.9. The third-order valence-corrected chi connectivity index (χ3v) is 3.19. The van der Waals surface area contributed by atoms with Crippen molar-refractivity contribution in [3.05, 3.63) is 15.8 Å². The molecule has 1 aromatic heterocycles. The Morgan fingerprint density at radius 3 is 2.76 bits per heavy atom. The molecule has 6 heteroatoms. The molecule has 1 aliphatic rings. The molecule has 1 heterocycles. The number of aromatic nitrogens is 2. The van der Waals surface area contributed by atoms with Crippen LogP contribution in [0.3, 0.4) is 0 Å². The Labute approximate surface area is 100 Å². The van der Waals surface area contributed by atoms with Gasteiger partial charge in [-0.3, -0.25) is 10.1 Å². The molecule has 2 unspecified atom stereocenters. The number of anilines is 1. The third kappa shape index (κ3) is 2.25. The molecule has 0 aromatic carbocycles. The topological polar surface area (TPSA) is 73.0 Å². The van der Waals surface area contributed by atoms with E-state index in [0.717, 1.165) is 12.8 Å². The molecule has 6 nitrogen and oxygen atoms in total. The van der Waals surface area contributed by atoms with Crippen molar-refractivity contribution < 1.29 is 4.92 Å². The van der Waals surface area contributed by atoms with Crippen molar-refractivity contribution in [3.8, 4) is 0 Å². The zero-order chi connectivity index (χ0) is 12.6. The fourth-order valence-corrected chi connectivity index (χ4v) is 2.03. The van der Waals surface area contributed by atoms with Gasteiger partial charge in [0.05, 0.1) is 4.92 Å². The van der Waals surface area contributed by atoms with Crippen LogP contribution in [0.1, 0.15) is 32.4 Å². The van der Waals surface area contributed by atoms with E-state index in [2.05, 4.69) is 17.3 Å². The van der Waals surface area contributed by atoms with Gasteiger partial charge >= 0.3 is 5.69 Å². The van der Waals surface area contributed by atoms with Crippen molar-refractivity contribution >= 4 is 11.5 Å². The minimum atomic E-state index is -0.326. The van der Waals surface area contributed by atoms with Crippen LogP contribution in [-0.4, -0.2) is 20.7 Å². The largest absolute Gasteiger partial charge is 0.362 e. The van der Waals surface area contributed by atoms with E-state index >= 15 is 0 Å². The van der Waals surface area contributed by atoms with Crippen molar-refractivity contribution in [1.29, 1.82) is 0 Å². The lowest BCUT2D eigenvalue weighted by atomic mass is 10.2. The summed E-state index contributed by atoms with van der Waals surface area (Å²) in [4.78, 5) is 10.8. The average Bonchev–Trinajstić information content (AvgIpc) is 2.83. The molecule has 0 amide bonds. The molecule has 0 aliphatic heterocycles. The molecule has 0 spiro atoms. The van der Waals surface area contributed by atoms with Gasteiger partial charge in [0.25, 0.3) is 0 Å². The average molecular weight is 238 g/mol. The second-order valence-corrected chi connectivity index (χ2v) is 4.74. The van der Waals surface area contributed by atoms with Crippen LogP contribution in [0.5, 0.6) is 0 Å². The summed E-state index contributed by atoms with van der Waals surface area (Å²) in [6.07, 6.45) is 2.58. The molecule has 0 radical (unpaired) electrons. The zero-order valence-electron chi connectivity index (χ0n) is 10.4. The van der Waals surface area contributed by atoms with Crippen molar-refractivity contribution in [2.75, 3.05) is 5.32 Å². The number of hydrogen-bond donors (Lipinski definition) is 1. The van der Waals surface area contributed by atoms with Crippen molar-refractivity contribution in [3.63, 3.8) is 0 Å². The second-order valence-electron chi connectivity index (χ2n) is 4.74.